The van der Waals surface area contributed by atoms with E-state index in [4.69, 9.17) is 4.52 Å². The van der Waals surface area contributed by atoms with Crippen LogP contribution in [-0.2, 0) is 0 Å². The number of aromatic amines is 1. The molecule has 0 aliphatic carbocycles. The molecular formula is C23H22N4O2. The Morgan fingerprint density at radius 3 is 2.59 bits per heavy atom. The highest BCUT2D eigenvalue weighted by Crippen LogP contribution is 2.22. The van der Waals surface area contributed by atoms with Crippen molar-refractivity contribution in [3.8, 4) is 22.5 Å². The van der Waals surface area contributed by atoms with Crippen molar-refractivity contribution in [2.24, 2.45) is 0 Å². The second-order valence-electron chi connectivity index (χ2n) is 6.92. The van der Waals surface area contributed by atoms with Gasteiger partial charge in [0.15, 0.2) is 0 Å². The SMILES string of the molecule is CCC(NC(=O)c1cc(-c2ccc(C)cc2)no1)c1ncc(-c2ccccc2)[nH]1. The van der Waals surface area contributed by atoms with Crippen LogP contribution in [0.5, 0.6) is 0 Å². The monoisotopic (exact) mass is 386 g/mol. The predicted octanol–water partition coefficient (Wildman–Crippen LogP) is 4.92. The molecule has 2 heterocycles. The van der Waals surface area contributed by atoms with E-state index in [1.807, 2.05) is 68.4 Å². The van der Waals surface area contributed by atoms with Gasteiger partial charge in [-0.15, -0.1) is 0 Å². The quantitative estimate of drug-likeness (QED) is 0.493. The van der Waals surface area contributed by atoms with Crippen molar-refractivity contribution in [1.82, 2.24) is 20.4 Å². The molecule has 1 atom stereocenters. The highest BCUT2D eigenvalue weighted by atomic mass is 16.5. The van der Waals surface area contributed by atoms with Crippen LogP contribution in [0.4, 0.5) is 0 Å². The number of carbonyl (C=O) groups is 1. The number of benzene rings is 2. The van der Waals surface area contributed by atoms with E-state index >= 15 is 0 Å². The molecule has 0 radical (unpaired) electrons. The summed E-state index contributed by atoms with van der Waals surface area (Å²) < 4.78 is 5.27. The van der Waals surface area contributed by atoms with Gasteiger partial charge in [0.2, 0.25) is 5.76 Å². The van der Waals surface area contributed by atoms with Gasteiger partial charge in [-0.1, -0.05) is 72.2 Å². The summed E-state index contributed by atoms with van der Waals surface area (Å²) in [6.07, 6.45) is 2.47. The Bertz CT molecular complexity index is 1100. The highest BCUT2D eigenvalue weighted by molar-refractivity contribution is 5.92. The maximum atomic E-state index is 12.7. The summed E-state index contributed by atoms with van der Waals surface area (Å²) in [5, 5.41) is 7.00. The number of carbonyl (C=O) groups excluding carboxylic acids is 1. The Kier molecular flexibility index (Phi) is 5.24. The van der Waals surface area contributed by atoms with E-state index in [0.29, 0.717) is 17.9 Å². The lowest BCUT2D eigenvalue weighted by molar-refractivity contribution is 0.0896. The predicted molar refractivity (Wildman–Crippen MR) is 111 cm³/mol. The minimum absolute atomic E-state index is 0.175. The molecular weight excluding hydrogens is 364 g/mol. The number of hydrogen-bond acceptors (Lipinski definition) is 4. The van der Waals surface area contributed by atoms with E-state index in [0.717, 1.165) is 22.4 Å². The number of rotatable bonds is 6. The number of aryl methyl sites for hydroxylation is 1. The van der Waals surface area contributed by atoms with Crippen molar-refractivity contribution in [3.05, 3.63) is 84.0 Å². The molecule has 4 rings (SSSR count). The van der Waals surface area contributed by atoms with Gasteiger partial charge in [0.25, 0.3) is 5.91 Å². The Hall–Kier alpha value is -3.67. The highest BCUT2D eigenvalue weighted by Gasteiger charge is 2.20. The molecule has 0 fully saturated rings. The van der Waals surface area contributed by atoms with Crippen LogP contribution in [0.15, 0.2) is 71.4 Å². The molecule has 0 saturated carbocycles. The van der Waals surface area contributed by atoms with E-state index in [2.05, 4.69) is 20.4 Å². The first-order valence-electron chi connectivity index (χ1n) is 9.59. The van der Waals surface area contributed by atoms with Crippen molar-refractivity contribution >= 4 is 5.91 Å². The largest absolute Gasteiger partial charge is 0.350 e. The zero-order valence-corrected chi connectivity index (χ0v) is 16.3. The van der Waals surface area contributed by atoms with Crippen molar-refractivity contribution < 1.29 is 9.32 Å². The maximum absolute atomic E-state index is 12.7. The second-order valence-corrected chi connectivity index (χ2v) is 6.92. The molecule has 4 aromatic rings. The third-order valence-corrected chi connectivity index (χ3v) is 4.81. The van der Waals surface area contributed by atoms with Gasteiger partial charge in [0, 0.05) is 11.6 Å². The van der Waals surface area contributed by atoms with Gasteiger partial charge in [-0.3, -0.25) is 4.79 Å². The first-order chi connectivity index (χ1) is 14.1. The van der Waals surface area contributed by atoms with E-state index in [-0.39, 0.29) is 17.7 Å². The molecule has 6 heteroatoms. The van der Waals surface area contributed by atoms with Gasteiger partial charge in [-0.05, 0) is 18.9 Å². The average Bonchev–Trinajstić information content (AvgIpc) is 3.43. The van der Waals surface area contributed by atoms with Crippen LogP contribution in [0.1, 0.15) is 41.3 Å². The first kappa shape index (κ1) is 18.7. The molecule has 0 aliphatic heterocycles. The van der Waals surface area contributed by atoms with Crippen molar-refractivity contribution in [1.29, 1.82) is 0 Å². The van der Waals surface area contributed by atoms with Gasteiger partial charge in [-0.2, -0.15) is 0 Å². The third kappa shape index (κ3) is 4.11. The Morgan fingerprint density at radius 2 is 1.86 bits per heavy atom. The van der Waals surface area contributed by atoms with Gasteiger partial charge in [-0.25, -0.2) is 4.98 Å². The Balaban J connectivity index is 1.48. The number of H-pyrrole nitrogens is 1. The van der Waals surface area contributed by atoms with E-state index in [1.165, 1.54) is 0 Å². The molecule has 29 heavy (non-hydrogen) atoms. The number of nitrogens with zero attached hydrogens (tertiary/aromatic N) is 2. The van der Waals surface area contributed by atoms with Crippen LogP contribution in [-0.4, -0.2) is 21.0 Å². The normalized spacial score (nSPS) is 11.9. The van der Waals surface area contributed by atoms with Crippen molar-refractivity contribution in [3.63, 3.8) is 0 Å². The summed E-state index contributed by atoms with van der Waals surface area (Å²) in [4.78, 5) is 20.4. The van der Waals surface area contributed by atoms with Crippen molar-refractivity contribution in [2.45, 2.75) is 26.3 Å². The molecule has 2 aromatic heterocycles. The Labute approximate surface area is 169 Å². The average molecular weight is 386 g/mol. The number of amides is 1. The fraction of sp³-hybridized carbons (Fsp3) is 0.174. The van der Waals surface area contributed by atoms with E-state index in [1.54, 1.807) is 12.3 Å². The van der Waals surface area contributed by atoms with Crippen LogP contribution in [0.3, 0.4) is 0 Å². The summed E-state index contributed by atoms with van der Waals surface area (Å²) in [7, 11) is 0. The molecule has 146 valence electrons. The zero-order valence-electron chi connectivity index (χ0n) is 16.3. The minimum Gasteiger partial charge on any atom is -0.350 e. The molecule has 2 aromatic carbocycles. The lowest BCUT2D eigenvalue weighted by atomic mass is 10.1. The standard InChI is InChI=1S/C23H22N4O2/c1-3-18(22-24-14-20(25-22)16-7-5-4-6-8-16)26-23(28)21-13-19(27-29-21)17-11-9-15(2)10-12-17/h4-14,18H,3H2,1-2H3,(H,24,25)(H,26,28). The molecule has 2 N–H and O–H groups in total. The number of hydrogen-bond donors (Lipinski definition) is 2. The minimum atomic E-state index is -0.319. The summed E-state index contributed by atoms with van der Waals surface area (Å²) in [6, 6.07) is 19.3. The van der Waals surface area contributed by atoms with Crippen LogP contribution in [0, 0.1) is 6.92 Å². The molecule has 6 nitrogen and oxygen atoms in total. The number of imidazole rings is 1. The topological polar surface area (TPSA) is 83.8 Å². The summed E-state index contributed by atoms with van der Waals surface area (Å²) in [6.45, 7) is 4.02. The summed E-state index contributed by atoms with van der Waals surface area (Å²) in [5.74, 6) is 0.562. The van der Waals surface area contributed by atoms with Crippen LogP contribution < -0.4 is 5.32 Å². The van der Waals surface area contributed by atoms with Crippen LogP contribution in [0.25, 0.3) is 22.5 Å². The molecule has 1 unspecified atom stereocenters. The summed E-state index contributed by atoms with van der Waals surface area (Å²) >= 11 is 0. The fourth-order valence-corrected chi connectivity index (χ4v) is 3.11. The number of nitrogens with one attached hydrogen (secondary N) is 2. The van der Waals surface area contributed by atoms with Crippen LogP contribution >= 0.6 is 0 Å². The van der Waals surface area contributed by atoms with Gasteiger partial charge < -0.3 is 14.8 Å². The van der Waals surface area contributed by atoms with Gasteiger partial charge in [0.05, 0.1) is 17.9 Å². The molecule has 0 spiro atoms. The van der Waals surface area contributed by atoms with Gasteiger partial charge >= 0.3 is 0 Å². The molecule has 0 saturated heterocycles. The number of aromatic nitrogens is 3. The van der Waals surface area contributed by atoms with Crippen LogP contribution in [0.2, 0.25) is 0 Å². The lowest BCUT2D eigenvalue weighted by Gasteiger charge is -2.13. The van der Waals surface area contributed by atoms with Gasteiger partial charge in [0.1, 0.15) is 11.5 Å². The van der Waals surface area contributed by atoms with E-state index in [9.17, 15) is 4.79 Å². The lowest BCUT2D eigenvalue weighted by Crippen LogP contribution is -2.28. The van der Waals surface area contributed by atoms with E-state index < -0.39 is 0 Å². The zero-order chi connectivity index (χ0) is 20.2. The molecule has 0 aliphatic rings. The second kappa shape index (κ2) is 8.14. The first-order valence-corrected chi connectivity index (χ1v) is 9.59. The fourth-order valence-electron chi connectivity index (χ4n) is 3.11. The molecule has 1 amide bonds. The maximum Gasteiger partial charge on any atom is 0.290 e. The summed E-state index contributed by atoms with van der Waals surface area (Å²) in [5.41, 5.74) is 4.66. The smallest absolute Gasteiger partial charge is 0.290 e. The van der Waals surface area contributed by atoms with Crippen molar-refractivity contribution in [2.75, 3.05) is 0 Å². The Morgan fingerprint density at radius 1 is 1.10 bits per heavy atom. The molecule has 0 bridgehead atoms. The third-order valence-electron chi connectivity index (χ3n) is 4.81.